The van der Waals surface area contributed by atoms with Crippen LogP contribution in [0.2, 0.25) is 0 Å². The summed E-state index contributed by atoms with van der Waals surface area (Å²) in [5.41, 5.74) is -1.31. The van der Waals surface area contributed by atoms with Gasteiger partial charge < -0.3 is 10.4 Å². The van der Waals surface area contributed by atoms with Crippen LogP contribution in [-0.2, 0) is 6.18 Å². The molecule has 0 bridgehead atoms. The van der Waals surface area contributed by atoms with Crippen LogP contribution < -0.4 is 5.32 Å². The zero-order valence-electron chi connectivity index (χ0n) is 9.53. The minimum atomic E-state index is -4.87. The maximum atomic E-state index is 12.9. The number of hydrogen-bond donors (Lipinski definition) is 2. The molecule has 2 rings (SSSR count). The first-order valence-electron chi connectivity index (χ1n) is 5.11. The number of nitrogens with one attached hydrogen (secondary N) is 1. The lowest BCUT2D eigenvalue weighted by molar-refractivity contribution is -0.141. The molecule has 1 heterocycles. The first kappa shape index (κ1) is 14.3. The van der Waals surface area contributed by atoms with E-state index in [1.54, 1.807) is 0 Å². The Labute approximate surface area is 113 Å². The van der Waals surface area contributed by atoms with Crippen LogP contribution >= 0.6 is 11.3 Å². The van der Waals surface area contributed by atoms with Crippen LogP contribution in [0.5, 0.6) is 0 Å². The molecule has 0 aliphatic carbocycles. The Balaban J connectivity index is 2.37. The second-order valence-electron chi connectivity index (χ2n) is 3.64. The molecule has 0 aliphatic heterocycles. The molecule has 0 fully saturated rings. The van der Waals surface area contributed by atoms with Crippen LogP contribution in [0.15, 0.2) is 24.3 Å². The lowest BCUT2D eigenvalue weighted by atomic mass is 10.3. The number of nitrogens with zero attached hydrogens (tertiary/aromatic N) is 1. The highest BCUT2D eigenvalue weighted by atomic mass is 32.1. The molecule has 0 radical (unpaired) electrons. The molecule has 4 nitrogen and oxygen atoms in total. The predicted molar refractivity (Wildman–Crippen MR) is 63.8 cm³/mol. The monoisotopic (exact) mass is 306 g/mol. The predicted octanol–water partition coefficient (Wildman–Crippen LogP) is 3.74. The summed E-state index contributed by atoms with van der Waals surface area (Å²) >= 11 is 0.331. The molecule has 9 heteroatoms. The first-order chi connectivity index (χ1) is 9.27. The number of carbonyl (C=O) groups is 1. The average Bonchev–Trinajstić information content (AvgIpc) is 2.73. The van der Waals surface area contributed by atoms with Crippen LogP contribution in [0.1, 0.15) is 15.4 Å². The first-order valence-corrected chi connectivity index (χ1v) is 5.93. The van der Waals surface area contributed by atoms with Crippen LogP contribution in [-0.4, -0.2) is 16.1 Å². The van der Waals surface area contributed by atoms with E-state index in [4.69, 9.17) is 5.11 Å². The number of carboxylic acids is 1. The number of aromatic nitrogens is 1. The minimum absolute atomic E-state index is 0.171. The van der Waals surface area contributed by atoms with Crippen molar-refractivity contribution in [3.8, 4) is 0 Å². The Morgan fingerprint density at radius 2 is 2.05 bits per heavy atom. The molecule has 0 saturated carbocycles. The van der Waals surface area contributed by atoms with Crippen LogP contribution in [0.3, 0.4) is 0 Å². The van der Waals surface area contributed by atoms with Gasteiger partial charge in [-0.2, -0.15) is 13.2 Å². The molecule has 2 aromatic rings. The number of anilines is 2. The summed E-state index contributed by atoms with van der Waals surface area (Å²) in [5.74, 6) is -2.30. The number of thiazole rings is 1. The van der Waals surface area contributed by atoms with E-state index in [1.807, 2.05) is 0 Å². The second-order valence-corrected chi connectivity index (χ2v) is 4.63. The van der Waals surface area contributed by atoms with Gasteiger partial charge in [0.05, 0.1) is 0 Å². The van der Waals surface area contributed by atoms with Gasteiger partial charge in [-0.15, -0.1) is 0 Å². The van der Waals surface area contributed by atoms with Crippen LogP contribution in [0, 0.1) is 5.82 Å². The standard InChI is InChI=1S/C11H6F4N2O2S/c12-5-2-1-3-6(4-5)16-10-17-8(11(13,14)15)7(20-10)9(18)19/h1-4H,(H,16,17)(H,18,19). The van der Waals surface area contributed by atoms with Crippen molar-refractivity contribution in [3.63, 3.8) is 0 Å². The topological polar surface area (TPSA) is 62.2 Å². The molecule has 0 unspecified atom stereocenters. The van der Waals surface area contributed by atoms with Gasteiger partial charge in [0.2, 0.25) is 0 Å². The minimum Gasteiger partial charge on any atom is -0.477 e. The number of benzene rings is 1. The molecule has 0 atom stereocenters. The van der Waals surface area contributed by atoms with E-state index in [2.05, 4.69) is 10.3 Å². The number of carboxylic acid groups (broad SMARTS) is 1. The van der Waals surface area contributed by atoms with Crippen molar-refractivity contribution in [3.05, 3.63) is 40.7 Å². The fraction of sp³-hybridized carbons (Fsp3) is 0.0909. The molecule has 0 amide bonds. The molecule has 1 aromatic carbocycles. The van der Waals surface area contributed by atoms with Crippen molar-refractivity contribution in [2.24, 2.45) is 0 Å². The van der Waals surface area contributed by atoms with E-state index in [-0.39, 0.29) is 10.8 Å². The largest absolute Gasteiger partial charge is 0.477 e. The summed E-state index contributed by atoms with van der Waals surface area (Å²) in [5, 5.41) is 10.9. The van der Waals surface area contributed by atoms with Gasteiger partial charge in [0.15, 0.2) is 10.8 Å². The summed E-state index contributed by atoms with van der Waals surface area (Å²) in [4.78, 5) is 13.1. The fourth-order valence-corrected chi connectivity index (χ4v) is 2.24. The number of hydrogen-bond acceptors (Lipinski definition) is 4. The summed E-state index contributed by atoms with van der Waals surface area (Å²) < 4.78 is 50.8. The Kier molecular flexibility index (Phi) is 3.62. The van der Waals surface area contributed by atoms with Crippen molar-refractivity contribution in [1.82, 2.24) is 4.98 Å². The maximum absolute atomic E-state index is 12.9. The van der Waals surface area contributed by atoms with Crippen molar-refractivity contribution in [1.29, 1.82) is 0 Å². The number of aromatic carboxylic acids is 1. The SMILES string of the molecule is O=C(O)c1sc(Nc2cccc(F)c2)nc1C(F)(F)F. The van der Waals surface area contributed by atoms with Gasteiger partial charge >= 0.3 is 12.1 Å². The van der Waals surface area contributed by atoms with Gasteiger partial charge in [-0.25, -0.2) is 14.2 Å². The van der Waals surface area contributed by atoms with Crippen molar-refractivity contribution >= 4 is 28.1 Å². The quantitative estimate of drug-likeness (QED) is 0.848. The highest BCUT2D eigenvalue weighted by Gasteiger charge is 2.39. The van der Waals surface area contributed by atoms with Crippen molar-refractivity contribution < 1.29 is 27.5 Å². The fourth-order valence-electron chi connectivity index (χ4n) is 1.40. The molecule has 2 N–H and O–H groups in total. The summed E-state index contributed by atoms with van der Waals surface area (Å²) in [7, 11) is 0. The Bertz CT molecular complexity index is 654. The highest BCUT2D eigenvalue weighted by Crippen LogP contribution is 2.36. The molecule has 1 aromatic heterocycles. The highest BCUT2D eigenvalue weighted by molar-refractivity contribution is 7.17. The van der Waals surface area contributed by atoms with Gasteiger partial charge in [-0.05, 0) is 18.2 Å². The van der Waals surface area contributed by atoms with Crippen molar-refractivity contribution in [2.45, 2.75) is 6.18 Å². The third-order valence-corrected chi connectivity index (χ3v) is 3.12. The molecule has 0 saturated heterocycles. The Hall–Kier alpha value is -2.16. The maximum Gasteiger partial charge on any atom is 0.435 e. The van der Waals surface area contributed by atoms with Gasteiger partial charge in [-0.1, -0.05) is 17.4 Å². The van der Waals surface area contributed by atoms with E-state index < -0.39 is 28.5 Å². The second kappa shape index (κ2) is 5.08. The zero-order chi connectivity index (χ0) is 14.9. The molecule has 106 valence electrons. The van der Waals surface area contributed by atoms with E-state index in [0.717, 1.165) is 12.1 Å². The lowest BCUT2D eigenvalue weighted by Crippen LogP contribution is -2.11. The Morgan fingerprint density at radius 3 is 2.55 bits per heavy atom. The number of rotatable bonds is 3. The lowest BCUT2D eigenvalue weighted by Gasteiger charge is -2.03. The van der Waals surface area contributed by atoms with E-state index >= 15 is 0 Å². The van der Waals surface area contributed by atoms with E-state index in [0.29, 0.717) is 11.3 Å². The third kappa shape index (κ3) is 3.05. The van der Waals surface area contributed by atoms with Gasteiger partial charge in [0, 0.05) is 5.69 Å². The third-order valence-electron chi connectivity index (χ3n) is 2.17. The average molecular weight is 306 g/mol. The van der Waals surface area contributed by atoms with Crippen LogP contribution in [0.4, 0.5) is 28.4 Å². The smallest absolute Gasteiger partial charge is 0.435 e. The normalized spacial score (nSPS) is 11.4. The number of alkyl halides is 3. The van der Waals surface area contributed by atoms with Gasteiger partial charge in [0.1, 0.15) is 10.7 Å². The molecule has 0 spiro atoms. The molecular formula is C11H6F4N2O2S. The summed E-state index contributed by atoms with van der Waals surface area (Å²) in [6.45, 7) is 0. The van der Waals surface area contributed by atoms with E-state index in [9.17, 15) is 22.4 Å². The van der Waals surface area contributed by atoms with Crippen molar-refractivity contribution in [2.75, 3.05) is 5.32 Å². The van der Waals surface area contributed by atoms with Crippen LogP contribution in [0.25, 0.3) is 0 Å². The number of halogens is 4. The molecule has 0 aliphatic rings. The molecular weight excluding hydrogens is 300 g/mol. The van der Waals surface area contributed by atoms with E-state index in [1.165, 1.54) is 12.1 Å². The zero-order valence-corrected chi connectivity index (χ0v) is 10.3. The Morgan fingerprint density at radius 1 is 1.35 bits per heavy atom. The molecule has 20 heavy (non-hydrogen) atoms. The summed E-state index contributed by atoms with van der Waals surface area (Å²) in [6.07, 6.45) is -4.87. The van der Waals surface area contributed by atoms with Gasteiger partial charge in [0.25, 0.3) is 0 Å². The summed E-state index contributed by atoms with van der Waals surface area (Å²) in [6, 6.07) is 4.98. The van der Waals surface area contributed by atoms with Gasteiger partial charge in [-0.3, -0.25) is 0 Å².